The summed E-state index contributed by atoms with van der Waals surface area (Å²) in [5.41, 5.74) is 0.398. The molecule has 3 fully saturated rings. The molecule has 3 heterocycles. The molecule has 0 aromatic heterocycles. The molecule has 25 heavy (non-hydrogen) atoms. The van der Waals surface area contributed by atoms with Crippen molar-refractivity contribution in [2.75, 3.05) is 59.0 Å². The molecule has 3 aliphatic rings. The van der Waals surface area contributed by atoms with E-state index in [4.69, 9.17) is 9.73 Å². The van der Waals surface area contributed by atoms with Gasteiger partial charge in [-0.05, 0) is 51.6 Å². The number of hydrogen-bond donors (Lipinski definition) is 1. The highest BCUT2D eigenvalue weighted by Crippen LogP contribution is 2.38. The Hall–Kier alpha value is -0.0800. The van der Waals surface area contributed by atoms with Crippen LogP contribution in [0.5, 0.6) is 0 Å². The van der Waals surface area contributed by atoms with Gasteiger partial charge >= 0.3 is 0 Å². The number of nitrogens with one attached hydrogen (secondary N) is 1. The van der Waals surface area contributed by atoms with E-state index in [9.17, 15) is 0 Å². The Kier molecular flexibility index (Phi) is 8.75. The molecule has 0 saturated carbocycles. The van der Waals surface area contributed by atoms with Crippen molar-refractivity contribution < 1.29 is 4.74 Å². The highest BCUT2D eigenvalue weighted by Gasteiger charge is 2.42. The second-order valence-electron chi connectivity index (χ2n) is 8.14. The van der Waals surface area contributed by atoms with Gasteiger partial charge in [-0.3, -0.25) is 4.99 Å². The molecule has 0 aromatic carbocycles. The number of piperidine rings is 1. The summed E-state index contributed by atoms with van der Waals surface area (Å²) in [6, 6.07) is 0. The lowest BCUT2D eigenvalue weighted by atomic mass is 9.87. The van der Waals surface area contributed by atoms with E-state index in [0.29, 0.717) is 11.3 Å². The number of halogens is 1. The van der Waals surface area contributed by atoms with Crippen LogP contribution in [0.4, 0.5) is 0 Å². The molecule has 146 valence electrons. The molecule has 0 bridgehead atoms. The van der Waals surface area contributed by atoms with Gasteiger partial charge in [-0.15, -0.1) is 24.0 Å². The second kappa shape index (κ2) is 10.3. The van der Waals surface area contributed by atoms with Gasteiger partial charge in [0.25, 0.3) is 0 Å². The molecular formula is C19H37IN4O. The highest BCUT2D eigenvalue weighted by molar-refractivity contribution is 14.0. The van der Waals surface area contributed by atoms with E-state index in [-0.39, 0.29) is 24.0 Å². The van der Waals surface area contributed by atoms with Crippen LogP contribution in [-0.2, 0) is 4.74 Å². The average molecular weight is 464 g/mol. The van der Waals surface area contributed by atoms with Crippen LogP contribution in [0.2, 0.25) is 0 Å². The molecule has 2 unspecified atom stereocenters. The first-order chi connectivity index (χ1) is 11.7. The van der Waals surface area contributed by atoms with Crippen molar-refractivity contribution in [1.29, 1.82) is 0 Å². The third-order valence-electron chi connectivity index (χ3n) is 5.83. The third-order valence-corrected chi connectivity index (χ3v) is 5.83. The summed E-state index contributed by atoms with van der Waals surface area (Å²) in [6.07, 6.45) is 6.62. The lowest BCUT2D eigenvalue weighted by Gasteiger charge is -2.29. The number of likely N-dealkylation sites (tertiary alicyclic amines) is 2. The Morgan fingerprint density at radius 1 is 1.20 bits per heavy atom. The number of rotatable bonds is 5. The van der Waals surface area contributed by atoms with Gasteiger partial charge in [-0.25, -0.2) is 0 Å². The maximum atomic E-state index is 5.66. The van der Waals surface area contributed by atoms with Crippen molar-refractivity contribution in [2.45, 2.75) is 46.0 Å². The number of guanidine groups is 1. The standard InChI is InChI=1S/C19H36N4O.HI/c1-3-20-18(23-11-7-19(15-23)8-12-24-16-19)21-13-17(2)14-22-9-5-4-6-10-22;/h17H,3-16H2,1-2H3,(H,20,21);1H. The molecule has 2 atom stereocenters. The van der Waals surface area contributed by atoms with E-state index in [0.717, 1.165) is 45.4 Å². The Labute approximate surface area is 171 Å². The molecule has 6 heteroatoms. The van der Waals surface area contributed by atoms with Crippen LogP contribution in [-0.4, -0.2) is 74.8 Å². The fraction of sp³-hybridized carbons (Fsp3) is 0.947. The summed E-state index contributed by atoms with van der Waals surface area (Å²) in [5.74, 6) is 1.75. The fourth-order valence-electron chi connectivity index (χ4n) is 4.40. The van der Waals surface area contributed by atoms with Gasteiger partial charge in [-0.2, -0.15) is 0 Å². The molecular weight excluding hydrogens is 427 g/mol. The van der Waals surface area contributed by atoms with E-state index in [1.807, 2.05) is 0 Å². The van der Waals surface area contributed by atoms with Gasteiger partial charge < -0.3 is 19.9 Å². The van der Waals surface area contributed by atoms with Gasteiger partial charge in [0, 0.05) is 44.7 Å². The van der Waals surface area contributed by atoms with Crippen molar-refractivity contribution in [3.63, 3.8) is 0 Å². The van der Waals surface area contributed by atoms with Gasteiger partial charge in [-0.1, -0.05) is 13.3 Å². The molecule has 1 N–H and O–H groups in total. The SMILES string of the molecule is CCNC(=NCC(C)CN1CCCCC1)N1CCC2(CCOC2)C1.I. The topological polar surface area (TPSA) is 40.1 Å². The van der Waals surface area contributed by atoms with E-state index in [2.05, 4.69) is 29.0 Å². The smallest absolute Gasteiger partial charge is 0.193 e. The first-order valence-corrected chi connectivity index (χ1v) is 10.0. The summed E-state index contributed by atoms with van der Waals surface area (Å²) < 4.78 is 5.66. The lowest BCUT2D eigenvalue weighted by Crippen LogP contribution is -2.42. The molecule has 5 nitrogen and oxygen atoms in total. The maximum Gasteiger partial charge on any atom is 0.193 e. The van der Waals surface area contributed by atoms with E-state index in [1.54, 1.807) is 0 Å². The number of hydrogen-bond acceptors (Lipinski definition) is 3. The van der Waals surface area contributed by atoms with E-state index >= 15 is 0 Å². The van der Waals surface area contributed by atoms with Crippen LogP contribution in [0.3, 0.4) is 0 Å². The molecule has 0 aromatic rings. The average Bonchev–Trinajstić information content (AvgIpc) is 3.23. The summed E-state index contributed by atoms with van der Waals surface area (Å²) in [5, 5.41) is 3.51. The minimum absolute atomic E-state index is 0. The van der Waals surface area contributed by atoms with Crippen LogP contribution >= 0.6 is 24.0 Å². The second-order valence-corrected chi connectivity index (χ2v) is 8.14. The number of ether oxygens (including phenoxy) is 1. The van der Waals surface area contributed by atoms with Crippen LogP contribution < -0.4 is 5.32 Å². The zero-order chi connectivity index (χ0) is 16.8. The zero-order valence-corrected chi connectivity index (χ0v) is 18.5. The van der Waals surface area contributed by atoms with Crippen molar-refractivity contribution in [1.82, 2.24) is 15.1 Å². The molecule has 1 spiro atoms. The van der Waals surface area contributed by atoms with Gasteiger partial charge in [0.2, 0.25) is 0 Å². The Bertz CT molecular complexity index is 420. The molecule has 3 saturated heterocycles. The summed E-state index contributed by atoms with van der Waals surface area (Å²) >= 11 is 0. The van der Waals surface area contributed by atoms with Gasteiger partial charge in [0.05, 0.1) is 6.61 Å². The molecule has 0 aliphatic carbocycles. The first kappa shape index (κ1) is 21.2. The van der Waals surface area contributed by atoms with Crippen molar-refractivity contribution >= 4 is 29.9 Å². The fourth-order valence-corrected chi connectivity index (χ4v) is 4.40. The van der Waals surface area contributed by atoms with Gasteiger partial charge in [0.15, 0.2) is 5.96 Å². The monoisotopic (exact) mass is 464 g/mol. The van der Waals surface area contributed by atoms with E-state index in [1.165, 1.54) is 51.7 Å². The van der Waals surface area contributed by atoms with Crippen molar-refractivity contribution in [2.24, 2.45) is 16.3 Å². The lowest BCUT2D eigenvalue weighted by molar-refractivity contribution is 0.156. The van der Waals surface area contributed by atoms with Crippen LogP contribution in [0.15, 0.2) is 4.99 Å². The number of aliphatic imine (C=N–C) groups is 1. The molecule has 0 radical (unpaired) electrons. The largest absolute Gasteiger partial charge is 0.381 e. The first-order valence-electron chi connectivity index (χ1n) is 10.0. The Morgan fingerprint density at radius 2 is 2.00 bits per heavy atom. The predicted octanol–water partition coefficient (Wildman–Crippen LogP) is 2.80. The van der Waals surface area contributed by atoms with Crippen LogP contribution in [0.1, 0.15) is 46.0 Å². The molecule has 3 aliphatic heterocycles. The quantitative estimate of drug-likeness (QED) is 0.386. The minimum Gasteiger partial charge on any atom is -0.381 e. The normalized spacial score (nSPS) is 29.0. The Morgan fingerprint density at radius 3 is 2.68 bits per heavy atom. The zero-order valence-electron chi connectivity index (χ0n) is 16.1. The highest BCUT2D eigenvalue weighted by atomic mass is 127. The molecule has 3 rings (SSSR count). The van der Waals surface area contributed by atoms with E-state index < -0.39 is 0 Å². The summed E-state index contributed by atoms with van der Waals surface area (Å²) in [6.45, 7) is 14.2. The van der Waals surface area contributed by atoms with Crippen LogP contribution in [0, 0.1) is 11.3 Å². The summed E-state index contributed by atoms with van der Waals surface area (Å²) in [4.78, 5) is 10.1. The van der Waals surface area contributed by atoms with Gasteiger partial charge in [0.1, 0.15) is 0 Å². The predicted molar refractivity (Wildman–Crippen MR) is 115 cm³/mol. The molecule has 0 amide bonds. The van der Waals surface area contributed by atoms with Crippen LogP contribution in [0.25, 0.3) is 0 Å². The third kappa shape index (κ3) is 5.96. The van der Waals surface area contributed by atoms with Crippen molar-refractivity contribution in [3.05, 3.63) is 0 Å². The van der Waals surface area contributed by atoms with Crippen molar-refractivity contribution in [3.8, 4) is 0 Å². The minimum atomic E-state index is 0. The maximum absolute atomic E-state index is 5.66. The summed E-state index contributed by atoms with van der Waals surface area (Å²) in [7, 11) is 0. The Balaban J connectivity index is 0.00000225. The number of nitrogens with zero attached hydrogens (tertiary/aromatic N) is 3.